The standard InChI is InChI=1S/C10H13NOS2/c1-11(5-7-2-3-7)10(12)9-4-8(13)6-14-9/h4,6-7,13H,2-3,5H2,1H3. The number of amides is 1. The molecule has 2 nitrogen and oxygen atoms in total. The zero-order valence-electron chi connectivity index (χ0n) is 8.06. The van der Waals surface area contributed by atoms with Crippen LogP contribution in [0.1, 0.15) is 22.5 Å². The van der Waals surface area contributed by atoms with E-state index in [1.807, 2.05) is 23.4 Å². The van der Waals surface area contributed by atoms with Gasteiger partial charge in [-0.2, -0.15) is 0 Å². The van der Waals surface area contributed by atoms with Gasteiger partial charge in [-0.25, -0.2) is 0 Å². The van der Waals surface area contributed by atoms with Crippen molar-refractivity contribution in [1.82, 2.24) is 4.90 Å². The molecule has 1 fully saturated rings. The molecule has 1 saturated carbocycles. The number of thiol groups is 1. The molecule has 1 aromatic rings. The minimum absolute atomic E-state index is 0.127. The summed E-state index contributed by atoms with van der Waals surface area (Å²) in [5.74, 6) is 0.876. The van der Waals surface area contributed by atoms with Crippen LogP contribution in [-0.4, -0.2) is 24.4 Å². The van der Waals surface area contributed by atoms with Crippen molar-refractivity contribution in [3.05, 3.63) is 16.3 Å². The topological polar surface area (TPSA) is 20.3 Å². The SMILES string of the molecule is CN(CC1CC1)C(=O)c1cc(S)cs1. The van der Waals surface area contributed by atoms with E-state index in [0.29, 0.717) is 0 Å². The Bertz CT molecular complexity index is 344. The molecule has 0 spiro atoms. The van der Waals surface area contributed by atoms with Crippen LogP contribution in [0.5, 0.6) is 0 Å². The fourth-order valence-electron chi connectivity index (χ4n) is 1.40. The van der Waals surface area contributed by atoms with E-state index in [1.54, 1.807) is 0 Å². The number of rotatable bonds is 3. The molecule has 2 rings (SSSR count). The second-order valence-corrected chi connectivity index (χ2v) is 5.23. The van der Waals surface area contributed by atoms with E-state index in [4.69, 9.17) is 0 Å². The maximum absolute atomic E-state index is 11.8. The number of carbonyl (C=O) groups is 1. The third kappa shape index (κ3) is 2.30. The van der Waals surface area contributed by atoms with Crippen molar-refractivity contribution in [2.24, 2.45) is 5.92 Å². The Balaban J connectivity index is 1.99. The largest absolute Gasteiger partial charge is 0.341 e. The van der Waals surface area contributed by atoms with Crippen LogP contribution in [0.15, 0.2) is 16.3 Å². The molecule has 0 atom stereocenters. The Morgan fingerprint density at radius 3 is 2.93 bits per heavy atom. The summed E-state index contributed by atoms with van der Waals surface area (Å²) < 4.78 is 0. The van der Waals surface area contributed by atoms with Gasteiger partial charge in [-0.3, -0.25) is 4.79 Å². The zero-order chi connectivity index (χ0) is 10.1. The zero-order valence-corrected chi connectivity index (χ0v) is 9.78. The predicted molar refractivity (Wildman–Crippen MR) is 61.3 cm³/mol. The number of carbonyl (C=O) groups excluding carboxylic acids is 1. The van der Waals surface area contributed by atoms with Crippen LogP contribution in [0.25, 0.3) is 0 Å². The Morgan fingerprint density at radius 2 is 2.43 bits per heavy atom. The summed E-state index contributed by atoms with van der Waals surface area (Å²) in [7, 11) is 1.87. The van der Waals surface area contributed by atoms with Gasteiger partial charge >= 0.3 is 0 Å². The Morgan fingerprint density at radius 1 is 1.71 bits per heavy atom. The van der Waals surface area contributed by atoms with Gasteiger partial charge in [0.25, 0.3) is 5.91 Å². The summed E-state index contributed by atoms with van der Waals surface area (Å²) in [5.41, 5.74) is 0. The van der Waals surface area contributed by atoms with Crippen LogP contribution in [-0.2, 0) is 0 Å². The Kier molecular flexibility index (Phi) is 2.83. The predicted octanol–water partition coefficient (Wildman–Crippen LogP) is 2.52. The molecule has 0 bridgehead atoms. The second kappa shape index (κ2) is 3.95. The maximum Gasteiger partial charge on any atom is 0.263 e. The minimum atomic E-state index is 0.127. The van der Waals surface area contributed by atoms with Gasteiger partial charge in [0.05, 0.1) is 4.88 Å². The number of thiophene rings is 1. The molecular formula is C10H13NOS2. The lowest BCUT2D eigenvalue weighted by molar-refractivity contribution is 0.0793. The summed E-state index contributed by atoms with van der Waals surface area (Å²) in [6.07, 6.45) is 2.56. The van der Waals surface area contributed by atoms with E-state index in [0.717, 1.165) is 22.2 Å². The van der Waals surface area contributed by atoms with Gasteiger partial charge in [-0.1, -0.05) is 0 Å². The lowest BCUT2D eigenvalue weighted by Gasteiger charge is -2.15. The summed E-state index contributed by atoms with van der Waals surface area (Å²) in [6.45, 7) is 0.901. The molecule has 4 heteroatoms. The van der Waals surface area contributed by atoms with E-state index < -0.39 is 0 Å². The molecule has 0 radical (unpaired) electrons. The average Bonchev–Trinajstić information content (AvgIpc) is 2.85. The monoisotopic (exact) mass is 227 g/mol. The van der Waals surface area contributed by atoms with Gasteiger partial charge < -0.3 is 4.90 Å². The molecule has 0 aliphatic heterocycles. The van der Waals surface area contributed by atoms with Gasteiger partial charge in [-0.05, 0) is 24.8 Å². The van der Waals surface area contributed by atoms with Crippen LogP contribution in [0.3, 0.4) is 0 Å². The van der Waals surface area contributed by atoms with Gasteiger partial charge in [0.1, 0.15) is 0 Å². The van der Waals surface area contributed by atoms with Crippen LogP contribution in [0, 0.1) is 5.92 Å². The van der Waals surface area contributed by atoms with Crippen molar-refractivity contribution in [1.29, 1.82) is 0 Å². The quantitative estimate of drug-likeness (QED) is 0.787. The first-order valence-corrected chi connectivity index (χ1v) is 6.02. The first kappa shape index (κ1) is 10.1. The van der Waals surface area contributed by atoms with Crippen molar-refractivity contribution < 1.29 is 4.79 Å². The molecule has 0 aromatic carbocycles. The van der Waals surface area contributed by atoms with Crippen LogP contribution in [0.2, 0.25) is 0 Å². The highest BCUT2D eigenvalue weighted by molar-refractivity contribution is 7.80. The first-order valence-electron chi connectivity index (χ1n) is 4.70. The third-order valence-corrected chi connectivity index (χ3v) is 3.72. The lowest BCUT2D eigenvalue weighted by atomic mass is 10.3. The van der Waals surface area contributed by atoms with Crippen molar-refractivity contribution >= 4 is 29.9 Å². The molecule has 1 aliphatic carbocycles. The highest BCUT2D eigenvalue weighted by Gasteiger charge is 2.25. The molecule has 0 unspecified atom stereocenters. The van der Waals surface area contributed by atoms with E-state index in [-0.39, 0.29) is 5.91 Å². The van der Waals surface area contributed by atoms with E-state index in [1.165, 1.54) is 24.2 Å². The third-order valence-electron chi connectivity index (χ3n) is 2.37. The molecule has 14 heavy (non-hydrogen) atoms. The number of hydrogen-bond donors (Lipinski definition) is 1. The fourth-order valence-corrected chi connectivity index (χ4v) is 2.54. The average molecular weight is 227 g/mol. The molecule has 1 aliphatic rings. The van der Waals surface area contributed by atoms with Crippen molar-refractivity contribution in [2.45, 2.75) is 17.7 Å². The van der Waals surface area contributed by atoms with Crippen LogP contribution >= 0.6 is 24.0 Å². The highest BCUT2D eigenvalue weighted by Crippen LogP contribution is 2.30. The fraction of sp³-hybridized carbons (Fsp3) is 0.500. The summed E-state index contributed by atoms with van der Waals surface area (Å²) in [6, 6.07) is 1.83. The minimum Gasteiger partial charge on any atom is -0.341 e. The van der Waals surface area contributed by atoms with E-state index in [2.05, 4.69) is 12.6 Å². The van der Waals surface area contributed by atoms with Gasteiger partial charge in [0, 0.05) is 23.9 Å². The molecule has 1 heterocycles. The molecular weight excluding hydrogens is 214 g/mol. The smallest absolute Gasteiger partial charge is 0.263 e. The summed E-state index contributed by atoms with van der Waals surface area (Å²) in [5, 5.41) is 1.89. The Labute approximate surface area is 93.3 Å². The van der Waals surface area contributed by atoms with Gasteiger partial charge in [0.15, 0.2) is 0 Å². The van der Waals surface area contributed by atoms with Crippen molar-refractivity contribution in [2.75, 3.05) is 13.6 Å². The lowest BCUT2D eigenvalue weighted by Crippen LogP contribution is -2.27. The summed E-state index contributed by atoms with van der Waals surface area (Å²) in [4.78, 5) is 15.3. The maximum atomic E-state index is 11.8. The normalized spacial score (nSPS) is 15.6. The van der Waals surface area contributed by atoms with E-state index in [9.17, 15) is 4.79 Å². The molecule has 76 valence electrons. The van der Waals surface area contributed by atoms with Crippen molar-refractivity contribution in [3.63, 3.8) is 0 Å². The first-order chi connectivity index (χ1) is 6.66. The van der Waals surface area contributed by atoms with Crippen molar-refractivity contribution in [3.8, 4) is 0 Å². The number of hydrogen-bond acceptors (Lipinski definition) is 3. The van der Waals surface area contributed by atoms with Crippen LogP contribution in [0.4, 0.5) is 0 Å². The van der Waals surface area contributed by atoms with E-state index >= 15 is 0 Å². The molecule has 1 amide bonds. The second-order valence-electron chi connectivity index (χ2n) is 3.80. The molecule has 0 saturated heterocycles. The van der Waals surface area contributed by atoms with Gasteiger partial charge in [-0.15, -0.1) is 24.0 Å². The van der Waals surface area contributed by atoms with Crippen LogP contribution < -0.4 is 0 Å². The summed E-state index contributed by atoms with van der Waals surface area (Å²) >= 11 is 5.66. The Hall–Kier alpha value is -0.480. The highest BCUT2D eigenvalue weighted by atomic mass is 32.1. The molecule has 0 N–H and O–H groups in total. The molecule has 1 aromatic heterocycles. The number of nitrogens with zero attached hydrogens (tertiary/aromatic N) is 1. The van der Waals surface area contributed by atoms with Gasteiger partial charge in [0.2, 0.25) is 0 Å².